The third-order valence-electron chi connectivity index (χ3n) is 4.45. The molecule has 0 unspecified atom stereocenters. The number of urea groups is 1. The fraction of sp³-hybridized carbons (Fsp3) is 0.0952. The lowest BCUT2D eigenvalue weighted by Crippen LogP contribution is -2.29. The Bertz CT molecular complexity index is 971. The fourth-order valence-corrected chi connectivity index (χ4v) is 3.10. The minimum atomic E-state index is -0.333. The van der Waals surface area contributed by atoms with Gasteiger partial charge in [-0.3, -0.25) is 9.78 Å². The summed E-state index contributed by atoms with van der Waals surface area (Å²) in [7, 11) is 0. The number of hydrogen-bond acceptors (Lipinski definition) is 3. The Hall–Kier alpha value is -3.67. The Morgan fingerprint density at radius 2 is 1.59 bits per heavy atom. The standard InChI is InChI=1S/C21H18N4O2/c26-20(25-13-11-15-10-12-22-14-19(15)25)16-6-8-18(9-7-16)24-21(27)23-17-4-2-1-3-5-17/h1-10,12,14H,11,13H2,(H2,23,24,27). The fourth-order valence-electron chi connectivity index (χ4n) is 3.10. The summed E-state index contributed by atoms with van der Waals surface area (Å²) in [6, 6.07) is 17.7. The number of benzene rings is 2. The van der Waals surface area contributed by atoms with Gasteiger partial charge in [0.1, 0.15) is 0 Å². The first-order valence-corrected chi connectivity index (χ1v) is 8.68. The maximum atomic E-state index is 12.8. The van der Waals surface area contributed by atoms with E-state index in [1.807, 2.05) is 36.4 Å². The molecule has 1 aliphatic rings. The number of nitrogens with one attached hydrogen (secondary N) is 2. The van der Waals surface area contributed by atoms with Gasteiger partial charge < -0.3 is 15.5 Å². The average molecular weight is 358 g/mol. The van der Waals surface area contributed by atoms with Crippen molar-refractivity contribution in [1.82, 2.24) is 4.98 Å². The number of fused-ring (bicyclic) bond motifs is 1. The van der Waals surface area contributed by atoms with Crippen LogP contribution in [0.4, 0.5) is 21.9 Å². The number of pyridine rings is 1. The molecule has 2 heterocycles. The molecule has 0 saturated carbocycles. The van der Waals surface area contributed by atoms with Crippen LogP contribution in [-0.4, -0.2) is 23.5 Å². The molecule has 2 aromatic carbocycles. The highest BCUT2D eigenvalue weighted by atomic mass is 16.2. The van der Waals surface area contributed by atoms with Crippen LogP contribution in [0.5, 0.6) is 0 Å². The van der Waals surface area contributed by atoms with Crippen molar-refractivity contribution in [3.8, 4) is 0 Å². The monoisotopic (exact) mass is 358 g/mol. The molecule has 1 aromatic heterocycles. The molecule has 0 spiro atoms. The second-order valence-electron chi connectivity index (χ2n) is 6.23. The number of nitrogens with zero attached hydrogens (tertiary/aromatic N) is 2. The molecule has 0 atom stereocenters. The SMILES string of the molecule is O=C(Nc1ccccc1)Nc1ccc(C(=O)N2CCc3ccncc32)cc1. The van der Waals surface area contributed by atoms with E-state index in [-0.39, 0.29) is 11.9 Å². The molecule has 0 saturated heterocycles. The third-order valence-corrected chi connectivity index (χ3v) is 4.45. The Balaban J connectivity index is 1.42. The van der Waals surface area contributed by atoms with Gasteiger partial charge in [-0.05, 0) is 54.4 Å². The van der Waals surface area contributed by atoms with E-state index in [4.69, 9.17) is 0 Å². The molecular weight excluding hydrogens is 340 g/mol. The molecule has 0 aliphatic carbocycles. The lowest BCUT2D eigenvalue weighted by Gasteiger charge is -2.17. The molecule has 3 amide bonds. The summed E-state index contributed by atoms with van der Waals surface area (Å²) in [5.41, 5.74) is 3.90. The smallest absolute Gasteiger partial charge is 0.308 e. The van der Waals surface area contributed by atoms with Gasteiger partial charge in [-0.2, -0.15) is 0 Å². The molecule has 6 nitrogen and oxygen atoms in total. The zero-order chi connectivity index (χ0) is 18.6. The molecule has 134 valence electrons. The first kappa shape index (κ1) is 16.8. The quantitative estimate of drug-likeness (QED) is 0.745. The molecule has 6 heteroatoms. The number of aromatic nitrogens is 1. The van der Waals surface area contributed by atoms with Crippen LogP contribution in [0.1, 0.15) is 15.9 Å². The zero-order valence-corrected chi connectivity index (χ0v) is 14.6. The van der Waals surface area contributed by atoms with Crippen LogP contribution in [0.2, 0.25) is 0 Å². The topological polar surface area (TPSA) is 74.3 Å². The van der Waals surface area contributed by atoms with E-state index in [0.29, 0.717) is 23.5 Å². The summed E-state index contributed by atoms with van der Waals surface area (Å²) in [5.74, 6) is -0.0676. The van der Waals surface area contributed by atoms with Crippen LogP contribution in [0, 0.1) is 0 Å². The molecular formula is C21H18N4O2. The van der Waals surface area contributed by atoms with Gasteiger partial charge in [-0.1, -0.05) is 18.2 Å². The molecule has 4 rings (SSSR count). The zero-order valence-electron chi connectivity index (χ0n) is 14.6. The van der Waals surface area contributed by atoms with Gasteiger partial charge in [0.2, 0.25) is 0 Å². The molecule has 0 bridgehead atoms. The highest BCUT2D eigenvalue weighted by Gasteiger charge is 2.25. The maximum absolute atomic E-state index is 12.8. The first-order valence-electron chi connectivity index (χ1n) is 8.68. The van der Waals surface area contributed by atoms with E-state index in [2.05, 4.69) is 15.6 Å². The normalized spacial score (nSPS) is 12.4. The van der Waals surface area contributed by atoms with Gasteiger partial charge in [0.15, 0.2) is 0 Å². The van der Waals surface area contributed by atoms with Gasteiger partial charge in [-0.15, -0.1) is 0 Å². The second kappa shape index (κ2) is 7.29. The Morgan fingerprint density at radius 1 is 0.889 bits per heavy atom. The van der Waals surface area contributed by atoms with Crippen LogP contribution in [-0.2, 0) is 6.42 Å². The molecule has 3 aromatic rings. The minimum absolute atomic E-state index is 0.0676. The van der Waals surface area contributed by atoms with E-state index in [9.17, 15) is 9.59 Å². The van der Waals surface area contributed by atoms with Gasteiger partial charge in [-0.25, -0.2) is 4.79 Å². The molecule has 1 aliphatic heterocycles. The summed E-state index contributed by atoms with van der Waals surface area (Å²) in [6.07, 6.45) is 4.31. The third kappa shape index (κ3) is 3.64. The van der Waals surface area contributed by atoms with Gasteiger partial charge in [0.05, 0.1) is 11.9 Å². The van der Waals surface area contributed by atoms with E-state index < -0.39 is 0 Å². The molecule has 0 radical (unpaired) electrons. The summed E-state index contributed by atoms with van der Waals surface area (Å²) < 4.78 is 0. The van der Waals surface area contributed by atoms with Crippen molar-refractivity contribution in [3.63, 3.8) is 0 Å². The van der Waals surface area contributed by atoms with Crippen molar-refractivity contribution in [2.75, 3.05) is 22.1 Å². The lowest BCUT2D eigenvalue weighted by molar-refractivity contribution is 0.0989. The minimum Gasteiger partial charge on any atom is -0.308 e. The van der Waals surface area contributed by atoms with Crippen molar-refractivity contribution >= 4 is 29.0 Å². The summed E-state index contributed by atoms with van der Waals surface area (Å²) >= 11 is 0. The Kier molecular flexibility index (Phi) is 4.53. The highest BCUT2D eigenvalue weighted by Crippen LogP contribution is 2.28. The van der Waals surface area contributed by atoms with E-state index in [1.54, 1.807) is 41.6 Å². The van der Waals surface area contributed by atoms with Crippen LogP contribution >= 0.6 is 0 Å². The number of rotatable bonds is 3. The van der Waals surface area contributed by atoms with Crippen molar-refractivity contribution in [1.29, 1.82) is 0 Å². The van der Waals surface area contributed by atoms with Crippen molar-refractivity contribution in [2.24, 2.45) is 0 Å². The van der Waals surface area contributed by atoms with Crippen LogP contribution in [0.25, 0.3) is 0 Å². The number of hydrogen-bond donors (Lipinski definition) is 2. The van der Waals surface area contributed by atoms with Crippen molar-refractivity contribution in [3.05, 3.63) is 84.2 Å². The van der Waals surface area contributed by atoms with Gasteiger partial charge in [0, 0.05) is 29.7 Å². The van der Waals surface area contributed by atoms with E-state index in [1.165, 1.54) is 0 Å². The summed E-state index contributed by atoms with van der Waals surface area (Å²) in [4.78, 5) is 30.7. The summed E-state index contributed by atoms with van der Waals surface area (Å²) in [5, 5.41) is 5.51. The van der Waals surface area contributed by atoms with E-state index >= 15 is 0 Å². The predicted molar refractivity (Wildman–Crippen MR) is 105 cm³/mol. The number of carbonyl (C=O) groups is 2. The van der Waals surface area contributed by atoms with Crippen LogP contribution in [0.3, 0.4) is 0 Å². The van der Waals surface area contributed by atoms with Gasteiger partial charge in [0.25, 0.3) is 5.91 Å². The van der Waals surface area contributed by atoms with Crippen molar-refractivity contribution in [2.45, 2.75) is 6.42 Å². The first-order chi connectivity index (χ1) is 13.2. The van der Waals surface area contributed by atoms with Crippen molar-refractivity contribution < 1.29 is 9.59 Å². The maximum Gasteiger partial charge on any atom is 0.323 e. The number of anilines is 3. The Morgan fingerprint density at radius 3 is 2.33 bits per heavy atom. The lowest BCUT2D eigenvalue weighted by atomic mass is 10.1. The predicted octanol–water partition coefficient (Wildman–Crippen LogP) is 3.93. The molecule has 0 fully saturated rings. The second-order valence-corrected chi connectivity index (χ2v) is 6.23. The molecule has 27 heavy (non-hydrogen) atoms. The average Bonchev–Trinajstić information content (AvgIpc) is 3.13. The highest BCUT2D eigenvalue weighted by molar-refractivity contribution is 6.07. The number of carbonyl (C=O) groups excluding carboxylic acids is 2. The Labute approximate surface area is 156 Å². The number of amides is 3. The van der Waals surface area contributed by atoms with Crippen LogP contribution in [0.15, 0.2) is 73.1 Å². The van der Waals surface area contributed by atoms with Gasteiger partial charge >= 0.3 is 6.03 Å². The van der Waals surface area contributed by atoms with E-state index in [0.717, 1.165) is 17.7 Å². The largest absolute Gasteiger partial charge is 0.323 e. The number of para-hydroxylation sites is 1. The van der Waals surface area contributed by atoms with Crippen LogP contribution < -0.4 is 15.5 Å². The summed E-state index contributed by atoms with van der Waals surface area (Å²) in [6.45, 7) is 0.652. The molecule has 2 N–H and O–H groups in total.